The van der Waals surface area contributed by atoms with E-state index in [9.17, 15) is 0 Å². The highest BCUT2D eigenvalue weighted by molar-refractivity contribution is 5.28. The molecule has 0 saturated carbocycles. The maximum Gasteiger partial charge on any atom is 0.174 e. The second-order valence-electron chi connectivity index (χ2n) is 5.22. The molecule has 1 rings (SSSR count). The first-order chi connectivity index (χ1) is 8.57. The van der Waals surface area contributed by atoms with Gasteiger partial charge in [-0.05, 0) is 29.5 Å². The van der Waals surface area contributed by atoms with E-state index in [0.717, 1.165) is 25.3 Å². The van der Waals surface area contributed by atoms with Crippen molar-refractivity contribution in [2.75, 3.05) is 13.2 Å². The van der Waals surface area contributed by atoms with Gasteiger partial charge in [0, 0.05) is 13.1 Å². The molecule has 0 amide bonds. The van der Waals surface area contributed by atoms with Crippen molar-refractivity contribution in [2.45, 2.75) is 33.7 Å². The van der Waals surface area contributed by atoms with Gasteiger partial charge in [0.05, 0.1) is 0 Å². The molecule has 0 aliphatic heterocycles. The second kappa shape index (κ2) is 7.03. The monoisotopic (exact) mass is 246 g/mol. The minimum Gasteiger partial charge on any atom is -0.479 e. The van der Waals surface area contributed by atoms with Crippen LogP contribution in [0.15, 0.2) is 24.3 Å². The number of nitrogens with zero attached hydrogens (tertiary/aromatic N) is 1. The number of nitriles is 1. The lowest BCUT2D eigenvalue weighted by molar-refractivity contribution is 0.327. The van der Waals surface area contributed by atoms with Crippen molar-refractivity contribution in [3.05, 3.63) is 29.8 Å². The highest BCUT2D eigenvalue weighted by atomic mass is 16.5. The molecule has 0 saturated heterocycles. The summed E-state index contributed by atoms with van der Waals surface area (Å²) in [6.07, 6.45) is 1.16. The van der Waals surface area contributed by atoms with Crippen molar-refractivity contribution in [2.24, 2.45) is 5.41 Å². The molecule has 0 aliphatic carbocycles. The third-order valence-corrected chi connectivity index (χ3v) is 3.09. The summed E-state index contributed by atoms with van der Waals surface area (Å²) in [4.78, 5) is 0. The fourth-order valence-corrected chi connectivity index (χ4v) is 1.53. The third kappa shape index (κ3) is 5.20. The lowest BCUT2D eigenvalue weighted by Crippen LogP contribution is -2.28. The van der Waals surface area contributed by atoms with Crippen LogP contribution in [-0.4, -0.2) is 13.2 Å². The molecule has 3 heteroatoms. The van der Waals surface area contributed by atoms with Crippen LogP contribution in [0.4, 0.5) is 0 Å². The molecule has 0 unspecified atom stereocenters. The predicted octanol–water partition coefficient (Wildman–Crippen LogP) is 3.11. The summed E-state index contributed by atoms with van der Waals surface area (Å²) in [5, 5.41) is 11.9. The Morgan fingerprint density at radius 3 is 2.83 bits per heavy atom. The molecule has 0 atom stereocenters. The summed E-state index contributed by atoms with van der Waals surface area (Å²) >= 11 is 0. The Morgan fingerprint density at radius 2 is 2.17 bits per heavy atom. The summed E-state index contributed by atoms with van der Waals surface area (Å²) < 4.78 is 5.28. The number of rotatable bonds is 7. The van der Waals surface area contributed by atoms with Crippen LogP contribution in [0.2, 0.25) is 0 Å². The lowest BCUT2D eigenvalue weighted by Gasteiger charge is -2.23. The lowest BCUT2D eigenvalue weighted by atomic mass is 9.90. The number of benzene rings is 1. The Balaban J connectivity index is 2.45. The van der Waals surface area contributed by atoms with E-state index in [1.807, 2.05) is 24.3 Å². The van der Waals surface area contributed by atoms with E-state index in [1.165, 1.54) is 5.56 Å². The van der Waals surface area contributed by atoms with Gasteiger partial charge in [-0.25, -0.2) is 0 Å². The first kappa shape index (κ1) is 14.5. The molecule has 0 fully saturated rings. The van der Waals surface area contributed by atoms with E-state index in [4.69, 9.17) is 10.00 Å². The summed E-state index contributed by atoms with van der Waals surface area (Å²) in [5.41, 5.74) is 1.51. The highest BCUT2D eigenvalue weighted by Crippen LogP contribution is 2.18. The van der Waals surface area contributed by atoms with Gasteiger partial charge in [-0.15, -0.1) is 0 Å². The molecule has 0 aliphatic rings. The fourth-order valence-electron chi connectivity index (χ4n) is 1.53. The second-order valence-corrected chi connectivity index (χ2v) is 5.22. The normalized spacial score (nSPS) is 11.0. The summed E-state index contributed by atoms with van der Waals surface area (Å²) in [6, 6.07) is 9.83. The molecule has 1 aromatic rings. The maximum atomic E-state index is 8.47. The van der Waals surface area contributed by atoms with Gasteiger partial charge in [-0.3, -0.25) is 0 Å². The highest BCUT2D eigenvalue weighted by Gasteiger charge is 2.13. The molecule has 3 nitrogen and oxygen atoms in total. The molecule has 0 radical (unpaired) electrons. The summed E-state index contributed by atoms with van der Waals surface area (Å²) in [5.74, 6) is 0.755. The van der Waals surface area contributed by atoms with Gasteiger partial charge in [-0.2, -0.15) is 5.26 Å². The number of ether oxygens (including phenoxy) is 1. The van der Waals surface area contributed by atoms with Gasteiger partial charge in [0.25, 0.3) is 0 Å². The fraction of sp³-hybridized carbons (Fsp3) is 0.533. The van der Waals surface area contributed by atoms with Crippen LogP contribution in [0, 0.1) is 16.7 Å². The van der Waals surface area contributed by atoms with E-state index >= 15 is 0 Å². The minimum atomic E-state index is 0.0970. The van der Waals surface area contributed by atoms with Gasteiger partial charge in [0.2, 0.25) is 0 Å². The number of hydrogen-bond acceptors (Lipinski definition) is 3. The molecule has 98 valence electrons. The molecule has 1 N–H and O–H groups in total. The number of nitrogens with one attached hydrogen (secondary N) is 1. The van der Waals surface area contributed by atoms with Crippen molar-refractivity contribution in [1.29, 1.82) is 5.26 Å². The Hall–Kier alpha value is -1.53. The standard InChI is InChI=1S/C15H22N2O/c1-4-15(2,3)12-17-11-13-6-5-7-14(10-13)18-9-8-16/h5-7,10,17H,4,9,11-12H2,1-3H3. The molecule has 0 heterocycles. The van der Waals surface area contributed by atoms with Crippen LogP contribution in [-0.2, 0) is 6.54 Å². The Kier molecular flexibility index (Phi) is 5.67. The Bertz CT molecular complexity index is 407. The summed E-state index contributed by atoms with van der Waals surface area (Å²) in [6.45, 7) is 8.64. The molecule has 0 bridgehead atoms. The zero-order valence-electron chi connectivity index (χ0n) is 11.5. The molecule has 0 aromatic heterocycles. The van der Waals surface area contributed by atoms with Crippen LogP contribution in [0.5, 0.6) is 5.75 Å². The predicted molar refractivity (Wildman–Crippen MR) is 73.3 cm³/mol. The average Bonchev–Trinajstić information content (AvgIpc) is 2.37. The zero-order valence-corrected chi connectivity index (χ0v) is 11.5. The van der Waals surface area contributed by atoms with E-state index < -0.39 is 0 Å². The van der Waals surface area contributed by atoms with Crippen LogP contribution in [0.3, 0.4) is 0 Å². The van der Waals surface area contributed by atoms with Gasteiger partial charge >= 0.3 is 0 Å². The van der Waals surface area contributed by atoms with Crippen molar-refractivity contribution in [1.82, 2.24) is 5.32 Å². The quantitative estimate of drug-likeness (QED) is 0.804. The SMILES string of the molecule is CCC(C)(C)CNCc1cccc(OCC#N)c1. The smallest absolute Gasteiger partial charge is 0.174 e. The van der Waals surface area contributed by atoms with E-state index in [-0.39, 0.29) is 6.61 Å². The molecular weight excluding hydrogens is 224 g/mol. The van der Waals surface area contributed by atoms with Gasteiger partial charge in [-0.1, -0.05) is 32.9 Å². The van der Waals surface area contributed by atoms with Crippen LogP contribution < -0.4 is 10.1 Å². The Labute approximate surface area is 110 Å². The van der Waals surface area contributed by atoms with E-state index in [0.29, 0.717) is 5.41 Å². The zero-order chi connectivity index (χ0) is 13.4. The van der Waals surface area contributed by atoms with Crippen LogP contribution >= 0.6 is 0 Å². The largest absolute Gasteiger partial charge is 0.479 e. The third-order valence-electron chi connectivity index (χ3n) is 3.09. The van der Waals surface area contributed by atoms with Crippen molar-refractivity contribution >= 4 is 0 Å². The molecule has 18 heavy (non-hydrogen) atoms. The first-order valence-electron chi connectivity index (χ1n) is 6.37. The Morgan fingerprint density at radius 1 is 1.39 bits per heavy atom. The van der Waals surface area contributed by atoms with Crippen molar-refractivity contribution < 1.29 is 4.74 Å². The first-order valence-corrected chi connectivity index (χ1v) is 6.37. The molecule has 0 spiro atoms. The van der Waals surface area contributed by atoms with Gasteiger partial charge in [0.1, 0.15) is 11.8 Å². The molecular formula is C15H22N2O. The van der Waals surface area contributed by atoms with Crippen LogP contribution in [0.1, 0.15) is 32.8 Å². The van der Waals surface area contributed by atoms with Gasteiger partial charge < -0.3 is 10.1 Å². The van der Waals surface area contributed by atoms with Crippen molar-refractivity contribution in [3.63, 3.8) is 0 Å². The van der Waals surface area contributed by atoms with Crippen LogP contribution in [0.25, 0.3) is 0 Å². The maximum absolute atomic E-state index is 8.47. The molecule has 1 aromatic carbocycles. The average molecular weight is 246 g/mol. The van der Waals surface area contributed by atoms with E-state index in [2.05, 4.69) is 32.2 Å². The topological polar surface area (TPSA) is 45.0 Å². The number of hydrogen-bond donors (Lipinski definition) is 1. The van der Waals surface area contributed by atoms with E-state index in [1.54, 1.807) is 0 Å². The minimum absolute atomic E-state index is 0.0970. The summed E-state index contributed by atoms with van der Waals surface area (Å²) in [7, 11) is 0. The van der Waals surface area contributed by atoms with Gasteiger partial charge in [0.15, 0.2) is 6.61 Å². The van der Waals surface area contributed by atoms with Crippen molar-refractivity contribution in [3.8, 4) is 11.8 Å².